The summed E-state index contributed by atoms with van der Waals surface area (Å²) in [6.45, 7) is 30.8. The van der Waals surface area contributed by atoms with Gasteiger partial charge in [0.25, 0.3) is 0 Å². The van der Waals surface area contributed by atoms with Gasteiger partial charge in [-0.3, -0.25) is 4.52 Å². The quantitative estimate of drug-likeness (QED) is 0.220. The molecular formula is C43H68O3P2. The van der Waals surface area contributed by atoms with Crippen LogP contribution < -0.4 is 4.52 Å². The average Bonchev–Trinajstić information content (AvgIpc) is 3.66. The smallest absolute Gasteiger partial charge is 0.387 e. The molecule has 268 valence electrons. The van der Waals surface area contributed by atoms with Gasteiger partial charge in [-0.2, -0.15) is 0 Å². The van der Waals surface area contributed by atoms with Crippen molar-refractivity contribution in [3.8, 4) is 0 Å². The lowest BCUT2D eigenvalue weighted by Gasteiger charge is -2.32. The summed E-state index contributed by atoms with van der Waals surface area (Å²) in [5.41, 5.74) is 8.74. The minimum Gasteiger partial charge on any atom is -0.399 e. The molecule has 2 aliphatic carbocycles. The van der Waals surface area contributed by atoms with Crippen LogP contribution in [0.15, 0.2) is 32.7 Å². The summed E-state index contributed by atoms with van der Waals surface area (Å²) in [4.78, 5) is 0. The maximum atomic E-state index is 7.01. The predicted molar refractivity (Wildman–Crippen MR) is 213 cm³/mol. The first kappa shape index (κ1) is 38.0. The van der Waals surface area contributed by atoms with Gasteiger partial charge < -0.3 is 8.39 Å². The van der Waals surface area contributed by atoms with E-state index in [2.05, 4.69) is 114 Å². The van der Waals surface area contributed by atoms with Gasteiger partial charge in [0.2, 0.25) is 0 Å². The Hall–Kier alpha value is -1.27. The van der Waals surface area contributed by atoms with Crippen LogP contribution in [0.2, 0.25) is 0 Å². The lowest BCUT2D eigenvalue weighted by molar-refractivity contribution is 0.339. The van der Waals surface area contributed by atoms with Crippen molar-refractivity contribution in [2.24, 2.45) is 5.92 Å². The zero-order valence-corrected chi connectivity index (χ0v) is 34.7. The van der Waals surface area contributed by atoms with E-state index in [1.165, 1.54) is 79.8 Å². The molecule has 3 aromatic rings. The number of hydrogen-bond acceptors (Lipinski definition) is 3. The molecule has 1 atom stereocenters. The van der Waals surface area contributed by atoms with Crippen LogP contribution in [0.5, 0.6) is 0 Å². The molecule has 0 amide bonds. The van der Waals surface area contributed by atoms with E-state index in [0.717, 1.165) is 39.7 Å². The summed E-state index contributed by atoms with van der Waals surface area (Å²) in [6.07, 6.45) is 14.2. The van der Waals surface area contributed by atoms with Crippen LogP contribution >= 0.6 is 16.2 Å². The van der Waals surface area contributed by atoms with Crippen molar-refractivity contribution in [1.29, 1.82) is 0 Å². The van der Waals surface area contributed by atoms with Gasteiger partial charge in [0.15, 0.2) is 0 Å². The van der Waals surface area contributed by atoms with Crippen molar-refractivity contribution in [3.05, 3.63) is 46.5 Å². The molecule has 0 aliphatic heterocycles. The fraction of sp³-hybridized carbons (Fsp3) is 0.721. The van der Waals surface area contributed by atoms with Gasteiger partial charge in [-0.1, -0.05) is 128 Å². The first-order chi connectivity index (χ1) is 22.2. The van der Waals surface area contributed by atoms with Crippen molar-refractivity contribution in [3.63, 3.8) is 0 Å². The van der Waals surface area contributed by atoms with Gasteiger partial charge in [-0.15, -0.1) is 7.92 Å². The van der Waals surface area contributed by atoms with Crippen LogP contribution in [0.3, 0.4) is 0 Å². The van der Waals surface area contributed by atoms with Crippen LogP contribution in [0.1, 0.15) is 170 Å². The third-order valence-corrected chi connectivity index (χ3v) is 16.1. The maximum Gasteiger partial charge on any atom is 0.387 e. The molecule has 2 aromatic carbocycles. The van der Waals surface area contributed by atoms with E-state index in [0.29, 0.717) is 12.5 Å². The van der Waals surface area contributed by atoms with Crippen molar-refractivity contribution in [2.75, 3.05) is 12.8 Å². The Morgan fingerprint density at radius 1 is 0.646 bits per heavy atom. The third kappa shape index (κ3) is 8.78. The Labute approximate surface area is 296 Å². The summed E-state index contributed by atoms with van der Waals surface area (Å²) < 4.78 is 20.8. The molecule has 0 radical (unpaired) electrons. The molecule has 2 saturated carbocycles. The van der Waals surface area contributed by atoms with E-state index in [1.54, 1.807) is 0 Å². The standard InChI is InChI=1S/C43H68O3P2/c1-29(28-47(32-18-14-15-19-32)33-20-16-17-21-33)22-23-44-48-45-38-34(24-30(40(2,3)4)26-36(38)42(8,9)10)35-25-31(41(5,6)7)27-37(39(35)46-48)43(11,12)13/h24-27,29,32-33H,14-23,28H2,1-13H3. The Balaban J connectivity index is 1.61. The van der Waals surface area contributed by atoms with Gasteiger partial charge in [-0.05, 0) is 100 Å². The molecule has 2 fully saturated rings. The Kier molecular flexibility index (Phi) is 11.4. The SMILES string of the molecule is CC(CCOp1oc2c(C(C)(C)C)cc(C(C)(C)C)cc2c2cc(C(C)(C)C)cc(C(C)(C)C)c2o1)CP(C1CCCC1)C1CCCC1. The van der Waals surface area contributed by atoms with Crippen LogP contribution in [0.25, 0.3) is 21.9 Å². The van der Waals surface area contributed by atoms with Gasteiger partial charge in [0.1, 0.15) is 11.2 Å². The molecule has 5 rings (SSSR count). The first-order valence-electron chi connectivity index (χ1n) is 19.2. The molecule has 3 nitrogen and oxygen atoms in total. The summed E-state index contributed by atoms with van der Waals surface area (Å²) in [5.74, 6) is 0.665. The fourth-order valence-corrected chi connectivity index (χ4v) is 13.1. The minimum absolute atomic E-state index is 0.00930. The van der Waals surface area contributed by atoms with E-state index in [-0.39, 0.29) is 29.6 Å². The fourth-order valence-electron chi connectivity index (χ4n) is 7.90. The molecular weight excluding hydrogens is 626 g/mol. The molecule has 1 aromatic heterocycles. The topological polar surface area (TPSA) is 35.5 Å². The second-order valence-electron chi connectivity index (χ2n) is 19.5. The van der Waals surface area contributed by atoms with E-state index in [9.17, 15) is 0 Å². The molecule has 0 N–H and O–H groups in total. The monoisotopic (exact) mass is 694 g/mol. The van der Waals surface area contributed by atoms with Crippen LogP contribution in [0, 0.1) is 5.92 Å². The summed E-state index contributed by atoms with van der Waals surface area (Å²) >= 11 is 0. The van der Waals surface area contributed by atoms with E-state index in [1.807, 2.05) is 0 Å². The summed E-state index contributed by atoms with van der Waals surface area (Å²) in [5, 5.41) is 2.28. The van der Waals surface area contributed by atoms with E-state index >= 15 is 0 Å². The second-order valence-corrected chi connectivity index (χ2v) is 23.4. The number of rotatable bonds is 8. The Morgan fingerprint density at radius 2 is 1.04 bits per heavy atom. The van der Waals surface area contributed by atoms with Crippen LogP contribution in [-0.2, 0) is 21.7 Å². The molecule has 2 aliphatic rings. The maximum absolute atomic E-state index is 7.01. The lowest BCUT2D eigenvalue weighted by atomic mass is 9.77. The number of benzene rings is 2. The highest BCUT2D eigenvalue weighted by atomic mass is 31.1. The third-order valence-electron chi connectivity index (χ3n) is 11.1. The first-order valence-corrected chi connectivity index (χ1v) is 21.9. The zero-order valence-electron chi connectivity index (χ0n) is 32.9. The van der Waals surface area contributed by atoms with Crippen LogP contribution in [-0.4, -0.2) is 24.1 Å². The highest BCUT2D eigenvalue weighted by Gasteiger charge is 2.34. The van der Waals surface area contributed by atoms with Gasteiger partial charge in [0, 0.05) is 21.9 Å². The highest BCUT2D eigenvalue weighted by Crippen LogP contribution is 2.58. The molecule has 48 heavy (non-hydrogen) atoms. The van der Waals surface area contributed by atoms with Gasteiger partial charge in [0.05, 0.1) is 6.61 Å². The summed E-state index contributed by atoms with van der Waals surface area (Å²) in [6, 6.07) is 9.51. The van der Waals surface area contributed by atoms with Gasteiger partial charge in [-0.25, -0.2) is 0 Å². The number of hydrogen-bond donors (Lipinski definition) is 0. The largest absolute Gasteiger partial charge is 0.399 e. The molecule has 1 unspecified atom stereocenters. The van der Waals surface area contributed by atoms with Crippen LogP contribution in [0.4, 0.5) is 0 Å². The van der Waals surface area contributed by atoms with E-state index in [4.69, 9.17) is 12.9 Å². The Morgan fingerprint density at radius 3 is 1.40 bits per heavy atom. The molecule has 1 heterocycles. The molecule has 0 bridgehead atoms. The van der Waals surface area contributed by atoms with Gasteiger partial charge >= 0.3 is 8.24 Å². The van der Waals surface area contributed by atoms with Crippen molar-refractivity contribution < 1.29 is 12.9 Å². The predicted octanol–water partition coefficient (Wildman–Crippen LogP) is 14.3. The van der Waals surface area contributed by atoms with Crippen molar-refractivity contribution in [1.82, 2.24) is 0 Å². The van der Waals surface area contributed by atoms with Crippen molar-refractivity contribution >= 4 is 38.1 Å². The summed E-state index contributed by atoms with van der Waals surface area (Å²) in [7, 11) is -1.52. The number of fused-ring (bicyclic) bond motifs is 3. The molecule has 0 spiro atoms. The van der Waals surface area contributed by atoms with E-state index < -0.39 is 8.24 Å². The zero-order chi connectivity index (χ0) is 35.2. The highest BCUT2D eigenvalue weighted by molar-refractivity contribution is 7.59. The lowest BCUT2D eigenvalue weighted by Crippen LogP contribution is -2.17. The second kappa shape index (κ2) is 14.4. The normalized spacial score (nSPS) is 18.1. The van der Waals surface area contributed by atoms with Crippen molar-refractivity contribution in [2.45, 2.75) is 181 Å². The molecule has 5 heteroatoms. The molecule has 0 saturated heterocycles. The Bertz CT molecular complexity index is 1480. The average molecular weight is 695 g/mol. The minimum atomic E-state index is -1.64.